The number of hydrogen-bond donors (Lipinski definition) is 1. The molecule has 0 spiro atoms. The van der Waals surface area contributed by atoms with Gasteiger partial charge in [0.05, 0.1) is 19.1 Å². The van der Waals surface area contributed by atoms with E-state index in [-0.39, 0.29) is 24.9 Å². The van der Waals surface area contributed by atoms with E-state index in [1.165, 1.54) is 12.0 Å². The Labute approximate surface area is 225 Å². The molecule has 202 valence electrons. The van der Waals surface area contributed by atoms with Gasteiger partial charge in [0.1, 0.15) is 18.3 Å². The highest BCUT2D eigenvalue weighted by atomic mass is 32.2. The summed E-state index contributed by atoms with van der Waals surface area (Å²) in [6.07, 6.45) is 1.32. The van der Waals surface area contributed by atoms with Gasteiger partial charge in [-0.2, -0.15) is 0 Å². The van der Waals surface area contributed by atoms with Crippen molar-refractivity contribution in [3.8, 4) is 5.75 Å². The first-order chi connectivity index (χ1) is 18.1. The van der Waals surface area contributed by atoms with Crippen molar-refractivity contribution < 1.29 is 22.7 Å². The van der Waals surface area contributed by atoms with Crippen LogP contribution in [0.5, 0.6) is 5.75 Å². The smallest absolute Gasteiger partial charge is 0.244 e. The summed E-state index contributed by atoms with van der Waals surface area (Å²) in [5, 5.41) is 2.93. The lowest BCUT2D eigenvalue weighted by Crippen LogP contribution is -2.54. The fourth-order valence-corrected chi connectivity index (χ4v) is 4.94. The molecular weight excluding hydrogens is 502 g/mol. The first-order valence-electron chi connectivity index (χ1n) is 12.4. The number of sulfonamides is 1. The molecule has 0 aromatic heterocycles. The summed E-state index contributed by atoms with van der Waals surface area (Å²) in [5.74, 6) is -0.342. The molecule has 0 radical (unpaired) electrons. The third-order valence-electron chi connectivity index (χ3n) is 5.92. The highest BCUT2D eigenvalue weighted by Crippen LogP contribution is 2.24. The highest BCUT2D eigenvalue weighted by Gasteiger charge is 2.33. The van der Waals surface area contributed by atoms with Crippen molar-refractivity contribution in [3.63, 3.8) is 0 Å². The van der Waals surface area contributed by atoms with E-state index in [1.54, 1.807) is 24.3 Å². The molecule has 0 saturated carbocycles. The largest absolute Gasteiger partial charge is 0.497 e. The number of carbonyl (C=O) groups is 2. The van der Waals surface area contributed by atoms with Crippen LogP contribution < -0.4 is 14.4 Å². The number of carbonyl (C=O) groups excluding carboxylic acids is 2. The van der Waals surface area contributed by atoms with Crippen LogP contribution >= 0.6 is 0 Å². The van der Waals surface area contributed by atoms with Gasteiger partial charge < -0.3 is 15.0 Å². The van der Waals surface area contributed by atoms with Crippen LogP contribution in [0.4, 0.5) is 5.69 Å². The number of rotatable bonds is 12. The SMILES string of the molecule is COc1cccc(N(CC(=O)N(Cc2ccccc2)[C@@H](Cc2ccccc2)C(=O)NC(C)C)S(C)(=O)=O)c1. The lowest BCUT2D eigenvalue weighted by Gasteiger charge is -2.34. The summed E-state index contributed by atoms with van der Waals surface area (Å²) in [5.41, 5.74) is 2.00. The van der Waals surface area contributed by atoms with Crippen molar-refractivity contribution in [1.82, 2.24) is 10.2 Å². The second-order valence-electron chi connectivity index (χ2n) is 9.35. The summed E-state index contributed by atoms with van der Waals surface area (Å²) in [4.78, 5) is 28.9. The molecule has 3 aromatic carbocycles. The van der Waals surface area contributed by atoms with Crippen molar-refractivity contribution in [1.29, 1.82) is 0 Å². The molecule has 3 rings (SSSR count). The molecule has 0 aliphatic heterocycles. The molecular formula is C29H35N3O5S. The molecule has 9 heteroatoms. The summed E-state index contributed by atoms with van der Waals surface area (Å²) < 4.78 is 31.9. The third-order valence-corrected chi connectivity index (χ3v) is 7.06. The van der Waals surface area contributed by atoms with Gasteiger partial charge in [0.15, 0.2) is 0 Å². The fourth-order valence-electron chi connectivity index (χ4n) is 4.09. The van der Waals surface area contributed by atoms with Gasteiger partial charge in [-0.05, 0) is 37.1 Å². The van der Waals surface area contributed by atoms with Crippen LogP contribution in [0.2, 0.25) is 0 Å². The Balaban J connectivity index is 2.04. The van der Waals surface area contributed by atoms with Crippen LogP contribution in [0.15, 0.2) is 84.9 Å². The molecule has 0 bridgehead atoms. The number of amides is 2. The number of methoxy groups -OCH3 is 1. The number of nitrogens with one attached hydrogen (secondary N) is 1. The minimum Gasteiger partial charge on any atom is -0.497 e. The zero-order valence-electron chi connectivity index (χ0n) is 22.2. The molecule has 0 fully saturated rings. The molecule has 0 aliphatic carbocycles. The number of anilines is 1. The first kappa shape index (κ1) is 28.7. The van der Waals surface area contributed by atoms with E-state index in [1.807, 2.05) is 74.5 Å². The van der Waals surface area contributed by atoms with E-state index in [9.17, 15) is 18.0 Å². The maximum absolute atomic E-state index is 14.0. The summed E-state index contributed by atoms with van der Waals surface area (Å²) in [6, 6.07) is 24.3. The van der Waals surface area contributed by atoms with Gasteiger partial charge in [-0.3, -0.25) is 13.9 Å². The zero-order valence-corrected chi connectivity index (χ0v) is 23.0. The molecule has 0 heterocycles. The molecule has 3 aromatic rings. The third kappa shape index (κ3) is 8.08. The normalized spacial score (nSPS) is 12.0. The van der Waals surface area contributed by atoms with Gasteiger partial charge in [0, 0.05) is 25.1 Å². The molecule has 0 unspecified atom stereocenters. The molecule has 8 nitrogen and oxygen atoms in total. The van der Waals surface area contributed by atoms with Crippen LogP contribution in [0.1, 0.15) is 25.0 Å². The van der Waals surface area contributed by atoms with Gasteiger partial charge >= 0.3 is 0 Å². The second-order valence-corrected chi connectivity index (χ2v) is 11.3. The van der Waals surface area contributed by atoms with Gasteiger partial charge in [0.2, 0.25) is 21.8 Å². The average molecular weight is 538 g/mol. The van der Waals surface area contributed by atoms with E-state index >= 15 is 0 Å². The fraction of sp³-hybridized carbons (Fsp3) is 0.310. The lowest BCUT2D eigenvalue weighted by atomic mass is 10.0. The Kier molecular flexibility index (Phi) is 9.90. The first-order valence-corrected chi connectivity index (χ1v) is 14.2. The Morgan fingerprint density at radius 3 is 2.05 bits per heavy atom. The van der Waals surface area contributed by atoms with Crippen LogP contribution in [0, 0.1) is 0 Å². The van der Waals surface area contributed by atoms with Gasteiger partial charge in [0.25, 0.3) is 0 Å². The molecule has 2 amide bonds. The van der Waals surface area contributed by atoms with Crippen LogP contribution in [-0.2, 0) is 32.6 Å². The Bertz CT molecular complexity index is 1310. The quantitative estimate of drug-likeness (QED) is 0.381. The monoisotopic (exact) mass is 537 g/mol. The molecule has 0 aliphatic rings. The van der Waals surface area contributed by atoms with Crippen molar-refractivity contribution in [3.05, 3.63) is 96.1 Å². The molecule has 1 N–H and O–H groups in total. The number of ether oxygens (including phenoxy) is 1. The van der Waals surface area contributed by atoms with Crippen molar-refractivity contribution >= 4 is 27.5 Å². The molecule has 1 atom stereocenters. The Morgan fingerprint density at radius 2 is 1.50 bits per heavy atom. The molecule has 38 heavy (non-hydrogen) atoms. The predicted molar refractivity (Wildman–Crippen MR) is 149 cm³/mol. The van der Waals surface area contributed by atoms with Crippen LogP contribution in [0.25, 0.3) is 0 Å². The van der Waals surface area contributed by atoms with Crippen molar-refractivity contribution in [2.24, 2.45) is 0 Å². The van der Waals surface area contributed by atoms with E-state index in [0.717, 1.165) is 21.7 Å². The summed E-state index contributed by atoms with van der Waals surface area (Å²) >= 11 is 0. The maximum Gasteiger partial charge on any atom is 0.244 e. The minimum absolute atomic E-state index is 0.137. The van der Waals surface area contributed by atoms with Gasteiger partial charge in [-0.15, -0.1) is 0 Å². The number of nitrogens with zero attached hydrogens (tertiary/aromatic N) is 2. The minimum atomic E-state index is -3.84. The summed E-state index contributed by atoms with van der Waals surface area (Å²) in [7, 11) is -2.35. The van der Waals surface area contributed by atoms with Crippen molar-refractivity contribution in [2.75, 3.05) is 24.2 Å². The van der Waals surface area contributed by atoms with Gasteiger partial charge in [-0.25, -0.2) is 8.42 Å². The van der Waals surface area contributed by atoms with Crippen LogP contribution in [0.3, 0.4) is 0 Å². The standard InChI is InChI=1S/C29H35N3O5S/c1-22(2)30-29(34)27(18-23-12-7-5-8-13-23)31(20-24-14-9-6-10-15-24)28(33)21-32(38(4,35)36)25-16-11-17-26(19-25)37-3/h5-17,19,22,27H,18,20-21H2,1-4H3,(H,30,34)/t27-/m0/s1. The zero-order chi connectivity index (χ0) is 27.7. The van der Waals surface area contributed by atoms with E-state index < -0.39 is 28.5 Å². The van der Waals surface area contributed by atoms with E-state index in [4.69, 9.17) is 4.74 Å². The summed E-state index contributed by atoms with van der Waals surface area (Å²) in [6.45, 7) is 3.38. The molecule has 0 saturated heterocycles. The van der Waals surface area contributed by atoms with E-state index in [0.29, 0.717) is 11.4 Å². The van der Waals surface area contributed by atoms with Crippen molar-refractivity contribution in [2.45, 2.75) is 38.9 Å². The number of hydrogen-bond acceptors (Lipinski definition) is 5. The second kappa shape index (κ2) is 13.1. The Hall–Kier alpha value is -3.85. The van der Waals surface area contributed by atoms with Gasteiger partial charge in [-0.1, -0.05) is 66.7 Å². The van der Waals surface area contributed by atoms with Crippen LogP contribution in [-0.4, -0.2) is 57.1 Å². The highest BCUT2D eigenvalue weighted by molar-refractivity contribution is 7.92. The lowest BCUT2D eigenvalue weighted by molar-refractivity contribution is -0.140. The average Bonchev–Trinajstić information content (AvgIpc) is 2.89. The predicted octanol–water partition coefficient (Wildman–Crippen LogP) is 3.63. The Morgan fingerprint density at radius 1 is 0.895 bits per heavy atom. The van der Waals surface area contributed by atoms with E-state index in [2.05, 4.69) is 5.32 Å². The topological polar surface area (TPSA) is 96.0 Å². The number of benzene rings is 3. The maximum atomic E-state index is 14.0.